The van der Waals surface area contributed by atoms with Gasteiger partial charge < -0.3 is 14.8 Å². The second kappa shape index (κ2) is 6.75. The molecular weight excluding hydrogens is 256 g/mol. The highest BCUT2D eigenvalue weighted by molar-refractivity contribution is 5.85. The summed E-state index contributed by atoms with van der Waals surface area (Å²) in [5, 5.41) is 3.43. The molecule has 1 aromatic carbocycles. The van der Waals surface area contributed by atoms with Crippen LogP contribution in [0.1, 0.15) is 12.5 Å². The predicted octanol–water partition coefficient (Wildman–Crippen LogP) is 2.53. The largest absolute Gasteiger partial charge is 0.488 e. The number of nitrogens with one attached hydrogen (secondary N) is 1. The second-order valence-corrected chi connectivity index (χ2v) is 4.26. The van der Waals surface area contributed by atoms with Crippen LogP contribution >= 0.6 is 0 Å². The standard InChI is InChI=1S/C15H18N2O3/c1-3-11-9-12-5-4-6-17-14(12)13(10-11)19-7-8-20-15(18)16-2/h4-6,9-10H,3,7-8H2,1-2H3,(H,16,18). The van der Waals surface area contributed by atoms with Crippen LogP contribution in [0.5, 0.6) is 5.75 Å². The molecule has 106 valence electrons. The monoisotopic (exact) mass is 274 g/mol. The van der Waals surface area contributed by atoms with Gasteiger partial charge in [0.2, 0.25) is 0 Å². The Labute approximate surface area is 117 Å². The number of fused-ring (bicyclic) bond motifs is 1. The van der Waals surface area contributed by atoms with Gasteiger partial charge in [-0.25, -0.2) is 4.79 Å². The molecule has 1 amide bonds. The lowest BCUT2D eigenvalue weighted by molar-refractivity contribution is 0.127. The molecule has 0 saturated carbocycles. The molecule has 5 nitrogen and oxygen atoms in total. The van der Waals surface area contributed by atoms with E-state index in [1.165, 1.54) is 12.6 Å². The molecule has 1 aromatic heterocycles. The number of hydrogen-bond donors (Lipinski definition) is 1. The number of carbonyl (C=O) groups is 1. The second-order valence-electron chi connectivity index (χ2n) is 4.26. The van der Waals surface area contributed by atoms with Gasteiger partial charge >= 0.3 is 6.09 Å². The van der Waals surface area contributed by atoms with Crippen molar-refractivity contribution in [3.05, 3.63) is 36.0 Å². The SMILES string of the molecule is CCc1cc(OCCOC(=O)NC)c2ncccc2c1. The van der Waals surface area contributed by atoms with Crippen LogP contribution in [-0.2, 0) is 11.2 Å². The third kappa shape index (κ3) is 3.38. The Morgan fingerprint density at radius 2 is 2.20 bits per heavy atom. The van der Waals surface area contributed by atoms with Gasteiger partial charge in [-0.2, -0.15) is 0 Å². The third-order valence-electron chi connectivity index (χ3n) is 2.92. The molecule has 2 aromatic rings. The number of amides is 1. The highest BCUT2D eigenvalue weighted by Crippen LogP contribution is 2.25. The fraction of sp³-hybridized carbons (Fsp3) is 0.333. The van der Waals surface area contributed by atoms with Crippen molar-refractivity contribution in [2.75, 3.05) is 20.3 Å². The van der Waals surface area contributed by atoms with Crippen LogP contribution in [0.3, 0.4) is 0 Å². The van der Waals surface area contributed by atoms with Crippen molar-refractivity contribution in [3.8, 4) is 5.75 Å². The molecular formula is C15H18N2O3. The van der Waals surface area contributed by atoms with Crippen molar-refractivity contribution in [2.24, 2.45) is 0 Å². The third-order valence-corrected chi connectivity index (χ3v) is 2.92. The fourth-order valence-corrected chi connectivity index (χ4v) is 1.89. The van der Waals surface area contributed by atoms with Crippen LogP contribution in [0.15, 0.2) is 30.5 Å². The van der Waals surface area contributed by atoms with Crippen molar-refractivity contribution >= 4 is 17.0 Å². The average molecular weight is 274 g/mol. The number of aryl methyl sites for hydroxylation is 1. The molecule has 0 aliphatic carbocycles. The zero-order valence-electron chi connectivity index (χ0n) is 11.7. The molecule has 0 spiro atoms. The molecule has 0 atom stereocenters. The predicted molar refractivity (Wildman–Crippen MR) is 77.0 cm³/mol. The summed E-state index contributed by atoms with van der Waals surface area (Å²) in [4.78, 5) is 15.3. The zero-order chi connectivity index (χ0) is 14.4. The summed E-state index contributed by atoms with van der Waals surface area (Å²) in [5.74, 6) is 0.723. The summed E-state index contributed by atoms with van der Waals surface area (Å²) in [6, 6.07) is 8.00. The van der Waals surface area contributed by atoms with Crippen LogP contribution in [0.25, 0.3) is 10.9 Å². The van der Waals surface area contributed by atoms with E-state index in [4.69, 9.17) is 9.47 Å². The number of carbonyl (C=O) groups excluding carboxylic acids is 1. The summed E-state index contributed by atoms with van der Waals surface area (Å²) in [7, 11) is 1.52. The van der Waals surface area contributed by atoms with Gasteiger partial charge in [0.25, 0.3) is 0 Å². The topological polar surface area (TPSA) is 60.5 Å². The first kappa shape index (κ1) is 14.1. The molecule has 0 aliphatic heterocycles. The highest BCUT2D eigenvalue weighted by atomic mass is 16.6. The fourth-order valence-electron chi connectivity index (χ4n) is 1.89. The first-order chi connectivity index (χ1) is 9.74. The lowest BCUT2D eigenvalue weighted by atomic mass is 10.1. The Morgan fingerprint density at radius 1 is 1.35 bits per heavy atom. The van der Waals surface area contributed by atoms with Gasteiger partial charge in [0.1, 0.15) is 24.5 Å². The van der Waals surface area contributed by atoms with E-state index in [2.05, 4.69) is 23.3 Å². The Morgan fingerprint density at radius 3 is 2.95 bits per heavy atom. The van der Waals surface area contributed by atoms with Gasteiger partial charge in [-0.15, -0.1) is 0 Å². The quantitative estimate of drug-likeness (QED) is 0.851. The average Bonchev–Trinajstić information content (AvgIpc) is 2.50. The van der Waals surface area contributed by atoms with Gasteiger partial charge in [0, 0.05) is 18.6 Å². The highest BCUT2D eigenvalue weighted by Gasteiger charge is 2.06. The van der Waals surface area contributed by atoms with E-state index in [-0.39, 0.29) is 6.61 Å². The van der Waals surface area contributed by atoms with Gasteiger partial charge in [0.15, 0.2) is 0 Å². The number of rotatable bonds is 5. The van der Waals surface area contributed by atoms with Gasteiger partial charge in [0.05, 0.1) is 0 Å². The maximum Gasteiger partial charge on any atom is 0.406 e. The van der Waals surface area contributed by atoms with Crippen molar-refractivity contribution in [1.29, 1.82) is 0 Å². The molecule has 0 fully saturated rings. The van der Waals surface area contributed by atoms with Crippen LogP contribution in [-0.4, -0.2) is 31.3 Å². The van der Waals surface area contributed by atoms with Gasteiger partial charge in [-0.3, -0.25) is 4.98 Å². The van der Waals surface area contributed by atoms with E-state index in [1.807, 2.05) is 18.2 Å². The van der Waals surface area contributed by atoms with Crippen molar-refractivity contribution < 1.29 is 14.3 Å². The normalized spacial score (nSPS) is 10.3. The molecule has 0 unspecified atom stereocenters. The molecule has 0 saturated heterocycles. The van der Waals surface area contributed by atoms with E-state index in [1.54, 1.807) is 6.20 Å². The number of nitrogens with zero attached hydrogens (tertiary/aromatic N) is 1. The number of pyridine rings is 1. The van der Waals surface area contributed by atoms with E-state index in [9.17, 15) is 4.79 Å². The van der Waals surface area contributed by atoms with Crippen molar-refractivity contribution in [1.82, 2.24) is 10.3 Å². The number of aromatic nitrogens is 1. The first-order valence-electron chi connectivity index (χ1n) is 6.59. The molecule has 20 heavy (non-hydrogen) atoms. The number of alkyl carbamates (subject to hydrolysis) is 1. The number of ether oxygens (including phenoxy) is 2. The van der Waals surface area contributed by atoms with E-state index in [0.717, 1.165) is 23.1 Å². The minimum absolute atomic E-state index is 0.199. The summed E-state index contributed by atoms with van der Waals surface area (Å²) < 4.78 is 10.6. The summed E-state index contributed by atoms with van der Waals surface area (Å²) in [5.41, 5.74) is 2.01. The van der Waals surface area contributed by atoms with Crippen molar-refractivity contribution in [2.45, 2.75) is 13.3 Å². The molecule has 1 heterocycles. The zero-order valence-corrected chi connectivity index (χ0v) is 11.7. The van der Waals surface area contributed by atoms with E-state index in [0.29, 0.717) is 6.61 Å². The lowest BCUT2D eigenvalue weighted by Gasteiger charge is -2.11. The van der Waals surface area contributed by atoms with E-state index >= 15 is 0 Å². The molecule has 0 radical (unpaired) electrons. The lowest BCUT2D eigenvalue weighted by Crippen LogP contribution is -2.21. The van der Waals surface area contributed by atoms with Gasteiger partial charge in [-0.05, 0) is 30.2 Å². The number of hydrogen-bond acceptors (Lipinski definition) is 4. The van der Waals surface area contributed by atoms with Crippen LogP contribution in [0, 0.1) is 0 Å². The minimum Gasteiger partial charge on any atom is -0.488 e. The van der Waals surface area contributed by atoms with Crippen LogP contribution in [0.2, 0.25) is 0 Å². The molecule has 1 N–H and O–H groups in total. The Balaban J connectivity index is 2.10. The van der Waals surface area contributed by atoms with Crippen molar-refractivity contribution in [3.63, 3.8) is 0 Å². The molecule has 0 bridgehead atoms. The summed E-state index contributed by atoms with van der Waals surface area (Å²) in [6.45, 7) is 2.59. The molecule has 5 heteroatoms. The van der Waals surface area contributed by atoms with E-state index < -0.39 is 6.09 Å². The Kier molecular flexibility index (Phi) is 4.76. The molecule has 2 rings (SSSR count). The maximum absolute atomic E-state index is 10.9. The summed E-state index contributed by atoms with van der Waals surface area (Å²) in [6.07, 6.45) is 2.21. The van der Waals surface area contributed by atoms with Crippen LogP contribution in [0.4, 0.5) is 4.79 Å². The van der Waals surface area contributed by atoms with Crippen LogP contribution < -0.4 is 10.1 Å². The summed E-state index contributed by atoms with van der Waals surface area (Å²) >= 11 is 0. The number of benzene rings is 1. The Hall–Kier alpha value is -2.30. The first-order valence-corrected chi connectivity index (χ1v) is 6.59. The van der Waals surface area contributed by atoms with Gasteiger partial charge in [-0.1, -0.05) is 13.0 Å². The molecule has 0 aliphatic rings. The minimum atomic E-state index is -0.459. The maximum atomic E-state index is 10.9. The Bertz CT molecular complexity index is 599. The smallest absolute Gasteiger partial charge is 0.406 e.